The van der Waals surface area contributed by atoms with Crippen LogP contribution in [0.1, 0.15) is 22.3 Å². The van der Waals surface area contributed by atoms with Crippen LogP contribution in [0.2, 0.25) is 0 Å². The molecule has 122 valence electrons. The normalized spacial score (nSPS) is 18.0. The van der Waals surface area contributed by atoms with Gasteiger partial charge in [0.25, 0.3) is 5.91 Å². The van der Waals surface area contributed by atoms with Crippen molar-refractivity contribution in [2.24, 2.45) is 7.05 Å². The number of anilines is 1. The quantitative estimate of drug-likeness (QED) is 0.848. The number of aromatic nitrogens is 3. The molecule has 1 saturated heterocycles. The molecule has 0 N–H and O–H groups in total. The molecule has 1 amide bonds. The SMILES string of the molecule is CN(C)c1cccc([C@H]2CN(C(=O)c3ccn(C)n3)CCO2)n1. The summed E-state index contributed by atoms with van der Waals surface area (Å²) in [6, 6.07) is 7.58. The zero-order valence-electron chi connectivity index (χ0n) is 13.6. The zero-order chi connectivity index (χ0) is 16.4. The average molecular weight is 315 g/mol. The highest BCUT2D eigenvalue weighted by Gasteiger charge is 2.28. The minimum Gasteiger partial charge on any atom is -0.368 e. The van der Waals surface area contributed by atoms with Gasteiger partial charge in [-0.2, -0.15) is 5.10 Å². The van der Waals surface area contributed by atoms with E-state index in [-0.39, 0.29) is 12.0 Å². The smallest absolute Gasteiger partial charge is 0.274 e. The fourth-order valence-electron chi connectivity index (χ4n) is 2.57. The number of morpholine rings is 1. The molecule has 3 heterocycles. The van der Waals surface area contributed by atoms with Crippen molar-refractivity contribution in [3.63, 3.8) is 0 Å². The number of hydrogen-bond acceptors (Lipinski definition) is 5. The van der Waals surface area contributed by atoms with Crippen molar-refractivity contribution < 1.29 is 9.53 Å². The van der Waals surface area contributed by atoms with E-state index in [0.29, 0.717) is 25.4 Å². The predicted octanol–water partition coefficient (Wildman–Crippen LogP) is 1.09. The van der Waals surface area contributed by atoms with Crippen LogP contribution in [0.3, 0.4) is 0 Å². The Labute approximate surface area is 135 Å². The minimum atomic E-state index is -0.212. The van der Waals surface area contributed by atoms with E-state index < -0.39 is 0 Å². The van der Waals surface area contributed by atoms with E-state index in [9.17, 15) is 4.79 Å². The summed E-state index contributed by atoms with van der Waals surface area (Å²) >= 11 is 0. The Morgan fingerprint density at radius 2 is 2.17 bits per heavy atom. The Morgan fingerprint density at radius 1 is 1.35 bits per heavy atom. The lowest BCUT2D eigenvalue weighted by Gasteiger charge is -2.32. The largest absolute Gasteiger partial charge is 0.368 e. The third kappa shape index (κ3) is 3.34. The molecule has 0 radical (unpaired) electrons. The monoisotopic (exact) mass is 315 g/mol. The Bertz CT molecular complexity index is 697. The van der Waals surface area contributed by atoms with Crippen LogP contribution >= 0.6 is 0 Å². The summed E-state index contributed by atoms with van der Waals surface area (Å²) in [5.41, 5.74) is 1.30. The second-order valence-electron chi connectivity index (χ2n) is 5.80. The molecule has 1 fully saturated rings. The molecule has 2 aromatic heterocycles. The van der Waals surface area contributed by atoms with Crippen molar-refractivity contribution >= 4 is 11.7 Å². The van der Waals surface area contributed by atoms with E-state index in [1.54, 1.807) is 28.9 Å². The maximum absolute atomic E-state index is 12.5. The first kappa shape index (κ1) is 15.5. The highest BCUT2D eigenvalue weighted by Crippen LogP contribution is 2.23. The van der Waals surface area contributed by atoms with Crippen molar-refractivity contribution in [3.8, 4) is 0 Å². The molecular weight excluding hydrogens is 294 g/mol. The van der Waals surface area contributed by atoms with E-state index in [0.717, 1.165) is 11.5 Å². The van der Waals surface area contributed by atoms with Crippen molar-refractivity contribution in [2.45, 2.75) is 6.10 Å². The summed E-state index contributed by atoms with van der Waals surface area (Å²) in [7, 11) is 5.70. The first-order valence-corrected chi connectivity index (χ1v) is 7.59. The molecule has 23 heavy (non-hydrogen) atoms. The van der Waals surface area contributed by atoms with Crippen LogP contribution in [0.15, 0.2) is 30.5 Å². The molecule has 1 aliphatic heterocycles. The summed E-state index contributed by atoms with van der Waals surface area (Å²) in [5, 5.41) is 4.18. The number of hydrogen-bond donors (Lipinski definition) is 0. The number of nitrogens with zero attached hydrogens (tertiary/aromatic N) is 5. The van der Waals surface area contributed by atoms with Gasteiger partial charge in [0.2, 0.25) is 0 Å². The van der Waals surface area contributed by atoms with Gasteiger partial charge in [-0.25, -0.2) is 4.98 Å². The van der Waals surface area contributed by atoms with Gasteiger partial charge < -0.3 is 14.5 Å². The van der Waals surface area contributed by atoms with E-state index in [2.05, 4.69) is 10.1 Å². The van der Waals surface area contributed by atoms with Crippen molar-refractivity contribution in [3.05, 3.63) is 41.9 Å². The summed E-state index contributed by atoms with van der Waals surface area (Å²) in [4.78, 5) is 20.9. The fourth-order valence-corrected chi connectivity index (χ4v) is 2.57. The van der Waals surface area contributed by atoms with Crippen molar-refractivity contribution in [2.75, 3.05) is 38.7 Å². The number of rotatable bonds is 3. The molecule has 0 bridgehead atoms. The summed E-state index contributed by atoms with van der Waals surface area (Å²) in [6.07, 6.45) is 1.56. The van der Waals surface area contributed by atoms with Gasteiger partial charge in [-0.15, -0.1) is 0 Å². The lowest BCUT2D eigenvalue weighted by Crippen LogP contribution is -2.42. The molecule has 0 saturated carbocycles. The van der Waals surface area contributed by atoms with Gasteiger partial charge in [-0.1, -0.05) is 6.07 Å². The molecule has 7 heteroatoms. The van der Waals surface area contributed by atoms with Gasteiger partial charge in [-0.3, -0.25) is 9.48 Å². The lowest BCUT2D eigenvalue weighted by atomic mass is 10.1. The second kappa shape index (κ2) is 6.37. The Morgan fingerprint density at radius 3 is 2.87 bits per heavy atom. The summed E-state index contributed by atoms with van der Waals surface area (Å²) in [5.74, 6) is 0.807. The highest BCUT2D eigenvalue weighted by atomic mass is 16.5. The Kier molecular flexibility index (Phi) is 4.29. The van der Waals surface area contributed by atoms with Crippen LogP contribution < -0.4 is 4.90 Å². The van der Waals surface area contributed by atoms with E-state index in [1.807, 2.05) is 37.2 Å². The third-order valence-electron chi connectivity index (χ3n) is 3.83. The van der Waals surface area contributed by atoms with E-state index in [4.69, 9.17) is 4.74 Å². The first-order valence-electron chi connectivity index (χ1n) is 7.59. The minimum absolute atomic E-state index is 0.0670. The van der Waals surface area contributed by atoms with Gasteiger partial charge in [-0.05, 0) is 18.2 Å². The molecule has 3 rings (SSSR count). The highest BCUT2D eigenvalue weighted by molar-refractivity contribution is 5.92. The van der Waals surface area contributed by atoms with Crippen LogP contribution in [0, 0.1) is 0 Å². The van der Waals surface area contributed by atoms with Gasteiger partial charge >= 0.3 is 0 Å². The molecule has 0 aromatic carbocycles. The van der Waals surface area contributed by atoms with Gasteiger partial charge in [0, 0.05) is 33.9 Å². The van der Waals surface area contributed by atoms with Crippen LogP contribution in [-0.4, -0.2) is 59.4 Å². The lowest BCUT2D eigenvalue weighted by molar-refractivity contribution is -0.0248. The number of aryl methyl sites for hydroxylation is 1. The first-order chi connectivity index (χ1) is 11.0. The maximum atomic E-state index is 12.5. The van der Waals surface area contributed by atoms with Crippen LogP contribution in [0.4, 0.5) is 5.82 Å². The molecule has 0 spiro atoms. The van der Waals surface area contributed by atoms with Crippen molar-refractivity contribution in [1.82, 2.24) is 19.7 Å². The van der Waals surface area contributed by atoms with Crippen LogP contribution in [0.5, 0.6) is 0 Å². The predicted molar refractivity (Wildman–Crippen MR) is 86.4 cm³/mol. The summed E-state index contributed by atoms with van der Waals surface area (Å²) in [6.45, 7) is 1.55. The third-order valence-corrected chi connectivity index (χ3v) is 3.83. The van der Waals surface area contributed by atoms with E-state index >= 15 is 0 Å². The number of amides is 1. The zero-order valence-corrected chi connectivity index (χ0v) is 13.6. The molecule has 1 atom stereocenters. The molecule has 2 aromatic rings. The molecule has 1 aliphatic rings. The molecule has 7 nitrogen and oxygen atoms in total. The molecule has 0 unspecified atom stereocenters. The number of carbonyl (C=O) groups excluding carboxylic acids is 1. The van der Waals surface area contributed by atoms with Crippen molar-refractivity contribution in [1.29, 1.82) is 0 Å². The topological polar surface area (TPSA) is 63.5 Å². The Balaban J connectivity index is 1.75. The number of ether oxygens (including phenoxy) is 1. The standard InChI is InChI=1S/C16H21N5O2/c1-19(2)15-6-4-5-12(17-15)14-11-21(9-10-23-14)16(22)13-7-8-20(3)18-13/h4-8,14H,9-11H2,1-3H3/t14-/m1/s1. The average Bonchev–Trinajstić information content (AvgIpc) is 3.01. The maximum Gasteiger partial charge on any atom is 0.274 e. The van der Waals surface area contributed by atoms with E-state index in [1.165, 1.54) is 0 Å². The van der Waals surface area contributed by atoms with Gasteiger partial charge in [0.05, 0.1) is 18.8 Å². The van der Waals surface area contributed by atoms with Gasteiger partial charge in [0.1, 0.15) is 17.6 Å². The molecule has 0 aliphatic carbocycles. The fraction of sp³-hybridized carbons (Fsp3) is 0.438. The molecular formula is C16H21N5O2. The Hall–Kier alpha value is -2.41. The number of pyridine rings is 1. The summed E-state index contributed by atoms with van der Waals surface area (Å²) < 4.78 is 7.45. The van der Waals surface area contributed by atoms with Crippen LogP contribution in [0.25, 0.3) is 0 Å². The second-order valence-corrected chi connectivity index (χ2v) is 5.80. The van der Waals surface area contributed by atoms with Crippen LogP contribution in [-0.2, 0) is 11.8 Å². The number of carbonyl (C=O) groups is 1. The van der Waals surface area contributed by atoms with Gasteiger partial charge in [0.15, 0.2) is 0 Å².